The molecule has 3 aromatic rings. The largest absolute Gasteiger partial charge is 0.350 e. The topological polar surface area (TPSA) is 62.3 Å². The molecule has 144 valence electrons. The standard InChI is InChI=1S/C23H18ClN3O2/c1-15-10-11-17(24)13-19(15)26-21-20(16-7-3-2-4-8-16)22(28)27(23(21)29)14-18-9-5-6-12-25-18/h2-13,26H,14H2,1H3. The maximum atomic E-state index is 13.2. The Labute approximate surface area is 173 Å². The van der Waals surface area contributed by atoms with Crippen molar-refractivity contribution < 1.29 is 9.59 Å². The highest BCUT2D eigenvalue weighted by molar-refractivity contribution is 6.36. The Hall–Kier alpha value is -3.44. The third kappa shape index (κ3) is 3.77. The summed E-state index contributed by atoms with van der Waals surface area (Å²) in [7, 11) is 0. The van der Waals surface area contributed by atoms with E-state index in [4.69, 9.17) is 11.6 Å². The predicted molar refractivity (Wildman–Crippen MR) is 113 cm³/mol. The first kappa shape index (κ1) is 18.9. The Balaban J connectivity index is 1.76. The zero-order chi connectivity index (χ0) is 20.4. The number of amides is 2. The Kier molecular flexibility index (Phi) is 5.14. The minimum atomic E-state index is -0.390. The molecule has 0 radical (unpaired) electrons. The fourth-order valence-electron chi connectivity index (χ4n) is 3.23. The smallest absolute Gasteiger partial charge is 0.278 e. The molecule has 0 atom stereocenters. The number of halogens is 1. The van der Waals surface area contributed by atoms with Gasteiger partial charge in [-0.3, -0.25) is 19.5 Å². The normalized spacial score (nSPS) is 13.9. The van der Waals surface area contributed by atoms with Gasteiger partial charge in [-0.2, -0.15) is 0 Å². The fraction of sp³-hybridized carbons (Fsp3) is 0.0870. The molecule has 1 aliphatic rings. The maximum absolute atomic E-state index is 13.2. The third-order valence-electron chi connectivity index (χ3n) is 4.74. The molecule has 0 bridgehead atoms. The molecule has 1 aromatic heterocycles. The highest BCUT2D eigenvalue weighted by atomic mass is 35.5. The molecule has 1 aliphatic heterocycles. The van der Waals surface area contributed by atoms with Crippen molar-refractivity contribution >= 4 is 34.7 Å². The van der Waals surface area contributed by atoms with E-state index in [1.54, 1.807) is 30.5 Å². The van der Waals surface area contributed by atoms with Crippen LogP contribution in [0.1, 0.15) is 16.8 Å². The number of aryl methyl sites for hydroxylation is 1. The lowest BCUT2D eigenvalue weighted by Crippen LogP contribution is -2.32. The van der Waals surface area contributed by atoms with Crippen LogP contribution >= 0.6 is 11.6 Å². The minimum absolute atomic E-state index is 0.106. The summed E-state index contributed by atoms with van der Waals surface area (Å²) < 4.78 is 0. The first-order valence-corrected chi connectivity index (χ1v) is 9.51. The van der Waals surface area contributed by atoms with Crippen LogP contribution in [0.4, 0.5) is 5.69 Å². The number of carbonyl (C=O) groups is 2. The van der Waals surface area contributed by atoms with E-state index < -0.39 is 0 Å². The first-order chi connectivity index (χ1) is 14.0. The van der Waals surface area contributed by atoms with Gasteiger partial charge in [-0.05, 0) is 42.3 Å². The Bertz CT molecular complexity index is 1110. The summed E-state index contributed by atoms with van der Waals surface area (Å²) in [4.78, 5) is 31.9. The van der Waals surface area contributed by atoms with Crippen LogP contribution in [0.15, 0.2) is 78.6 Å². The number of aromatic nitrogens is 1. The van der Waals surface area contributed by atoms with E-state index in [0.29, 0.717) is 27.5 Å². The highest BCUT2D eigenvalue weighted by Gasteiger charge is 2.39. The van der Waals surface area contributed by atoms with Gasteiger partial charge < -0.3 is 5.32 Å². The molecule has 4 rings (SSSR count). The van der Waals surface area contributed by atoms with Crippen LogP contribution in [-0.2, 0) is 16.1 Å². The van der Waals surface area contributed by atoms with Gasteiger partial charge in [0.25, 0.3) is 11.8 Å². The van der Waals surface area contributed by atoms with Crippen LogP contribution in [0.3, 0.4) is 0 Å². The van der Waals surface area contributed by atoms with Gasteiger partial charge in [0.05, 0.1) is 17.8 Å². The summed E-state index contributed by atoms with van der Waals surface area (Å²) in [6, 6.07) is 20.0. The number of benzene rings is 2. The monoisotopic (exact) mass is 403 g/mol. The average Bonchev–Trinajstić information content (AvgIpc) is 2.96. The van der Waals surface area contributed by atoms with Crippen molar-refractivity contribution in [2.75, 3.05) is 5.32 Å². The van der Waals surface area contributed by atoms with Crippen LogP contribution in [-0.4, -0.2) is 21.7 Å². The molecule has 0 unspecified atom stereocenters. The van der Waals surface area contributed by atoms with Crippen molar-refractivity contribution in [3.63, 3.8) is 0 Å². The van der Waals surface area contributed by atoms with E-state index in [-0.39, 0.29) is 24.1 Å². The van der Waals surface area contributed by atoms with Crippen molar-refractivity contribution in [2.45, 2.75) is 13.5 Å². The number of nitrogens with zero attached hydrogens (tertiary/aromatic N) is 2. The van der Waals surface area contributed by atoms with Gasteiger partial charge in [-0.25, -0.2) is 0 Å². The number of rotatable bonds is 5. The van der Waals surface area contributed by atoms with Crippen molar-refractivity contribution in [3.8, 4) is 0 Å². The van der Waals surface area contributed by atoms with Gasteiger partial charge in [0, 0.05) is 16.9 Å². The number of pyridine rings is 1. The second kappa shape index (κ2) is 7.89. The molecule has 1 N–H and O–H groups in total. The van der Waals surface area contributed by atoms with Crippen molar-refractivity contribution in [1.29, 1.82) is 0 Å². The molecule has 0 fully saturated rings. The molecule has 0 spiro atoms. The van der Waals surface area contributed by atoms with E-state index in [0.717, 1.165) is 5.56 Å². The van der Waals surface area contributed by atoms with Gasteiger partial charge in [-0.15, -0.1) is 0 Å². The van der Waals surface area contributed by atoms with E-state index in [9.17, 15) is 9.59 Å². The Morgan fingerprint density at radius 2 is 1.72 bits per heavy atom. The van der Waals surface area contributed by atoms with Crippen LogP contribution in [0, 0.1) is 6.92 Å². The molecule has 2 heterocycles. The molecular formula is C23H18ClN3O2. The van der Waals surface area contributed by atoms with E-state index in [1.807, 2.05) is 49.4 Å². The highest BCUT2D eigenvalue weighted by Crippen LogP contribution is 2.32. The molecule has 0 saturated heterocycles. The number of hydrogen-bond acceptors (Lipinski definition) is 4. The average molecular weight is 404 g/mol. The molecule has 0 saturated carbocycles. The lowest BCUT2D eigenvalue weighted by Gasteiger charge is -2.15. The van der Waals surface area contributed by atoms with E-state index in [2.05, 4.69) is 10.3 Å². The zero-order valence-electron chi connectivity index (χ0n) is 15.7. The third-order valence-corrected chi connectivity index (χ3v) is 4.97. The summed E-state index contributed by atoms with van der Waals surface area (Å²) in [6.45, 7) is 2.02. The van der Waals surface area contributed by atoms with Gasteiger partial charge in [-0.1, -0.05) is 54.1 Å². The minimum Gasteiger partial charge on any atom is -0.350 e. The van der Waals surface area contributed by atoms with Gasteiger partial charge in [0.1, 0.15) is 5.70 Å². The molecule has 2 aromatic carbocycles. The quantitative estimate of drug-likeness (QED) is 0.640. The number of hydrogen-bond donors (Lipinski definition) is 1. The summed E-state index contributed by atoms with van der Waals surface area (Å²) in [5.41, 5.74) is 3.49. The summed E-state index contributed by atoms with van der Waals surface area (Å²) in [6.07, 6.45) is 1.64. The number of imide groups is 1. The van der Waals surface area contributed by atoms with Crippen LogP contribution in [0.25, 0.3) is 5.57 Å². The summed E-state index contributed by atoms with van der Waals surface area (Å²) in [5.74, 6) is -0.743. The van der Waals surface area contributed by atoms with Crippen molar-refractivity contribution in [1.82, 2.24) is 9.88 Å². The fourth-order valence-corrected chi connectivity index (χ4v) is 3.40. The van der Waals surface area contributed by atoms with E-state index >= 15 is 0 Å². The van der Waals surface area contributed by atoms with E-state index in [1.165, 1.54) is 4.90 Å². The van der Waals surface area contributed by atoms with Gasteiger partial charge in [0.15, 0.2) is 0 Å². The Morgan fingerprint density at radius 3 is 2.45 bits per heavy atom. The first-order valence-electron chi connectivity index (χ1n) is 9.13. The lowest BCUT2D eigenvalue weighted by atomic mass is 10.0. The molecule has 29 heavy (non-hydrogen) atoms. The van der Waals surface area contributed by atoms with Crippen LogP contribution in [0.5, 0.6) is 0 Å². The Morgan fingerprint density at radius 1 is 0.966 bits per heavy atom. The lowest BCUT2D eigenvalue weighted by molar-refractivity contribution is -0.137. The molecule has 5 nitrogen and oxygen atoms in total. The van der Waals surface area contributed by atoms with Gasteiger partial charge in [0.2, 0.25) is 0 Å². The van der Waals surface area contributed by atoms with Crippen molar-refractivity contribution in [3.05, 3.63) is 100 Å². The zero-order valence-corrected chi connectivity index (χ0v) is 16.5. The molecular weight excluding hydrogens is 386 g/mol. The van der Waals surface area contributed by atoms with Crippen molar-refractivity contribution in [2.24, 2.45) is 0 Å². The molecule has 2 amide bonds. The van der Waals surface area contributed by atoms with Gasteiger partial charge >= 0.3 is 0 Å². The van der Waals surface area contributed by atoms with Crippen LogP contribution in [0.2, 0.25) is 5.02 Å². The predicted octanol–water partition coefficient (Wildman–Crippen LogP) is 4.44. The SMILES string of the molecule is Cc1ccc(Cl)cc1NC1=C(c2ccccc2)C(=O)N(Cc2ccccn2)C1=O. The second-order valence-electron chi connectivity index (χ2n) is 6.72. The summed E-state index contributed by atoms with van der Waals surface area (Å²) in [5, 5.41) is 3.70. The number of anilines is 1. The second-order valence-corrected chi connectivity index (χ2v) is 7.15. The number of carbonyl (C=O) groups excluding carboxylic acids is 2. The molecule has 0 aliphatic carbocycles. The molecule has 6 heteroatoms. The van der Waals surface area contributed by atoms with Crippen LogP contribution < -0.4 is 5.32 Å². The summed E-state index contributed by atoms with van der Waals surface area (Å²) >= 11 is 6.13. The maximum Gasteiger partial charge on any atom is 0.278 e. The number of nitrogens with one attached hydrogen (secondary N) is 1.